The number of carbonyl (C=O) groups excluding carboxylic acids is 1. The molecule has 32 heavy (non-hydrogen) atoms. The third-order valence-corrected chi connectivity index (χ3v) is 4.89. The van der Waals surface area contributed by atoms with Crippen LogP contribution in [0.25, 0.3) is 10.8 Å². The fraction of sp³-hybridized carbons (Fsp3) is 0.154. The van der Waals surface area contributed by atoms with Crippen molar-refractivity contribution in [1.82, 2.24) is 4.98 Å². The van der Waals surface area contributed by atoms with Crippen LogP contribution < -0.4 is 14.8 Å². The van der Waals surface area contributed by atoms with Gasteiger partial charge in [0.25, 0.3) is 5.91 Å². The normalized spacial score (nSPS) is 10.7. The number of methoxy groups -OCH3 is 1. The summed E-state index contributed by atoms with van der Waals surface area (Å²) in [6, 6.07) is 22.4. The molecular formula is C26H24N2O4. The van der Waals surface area contributed by atoms with Gasteiger partial charge in [0.1, 0.15) is 24.7 Å². The first-order valence-electron chi connectivity index (χ1n) is 10.3. The van der Waals surface area contributed by atoms with Crippen molar-refractivity contribution in [3.63, 3.8) is 0 Å². The SMILES string of the molecule is COCCOc1cccc(NC(=O)c2cccc(OCc3cncc4ccccc34)c2)c1. The predicted molar refractivity (Wildman–Crippen MR) is 124 cm³/mol. The van der Waals surface area contributed by atoms with E-state index in [4.69, 9.17) is 14.2 Å². The van der Waals surface area contributed by atoms with E-state index in [0.29, 0.717) is 42.6 Å². The van der Waals surface area contributed by atoms with Crippen LogP contribution in [0.4, 0.5) is 5.69 Å². The summed E-state index contributed by atoms with van der Waals surface area (Å²) in [5, 5.41) is 5.06. The lowest BCUT2D eigenvalue weighted by Crippen LogP contribution is -2.12. The van der Waals surface area contributed by atoms with Crippen LogP contribution in [0.1, 0.15) is 15.9 Å². The molecule has 1 amide bonds. The number of hydrogen-bond acceptors (Lipinski definition) is 5. The van der Waals surface area contributed by atoms with Gasteiger partial charge in [-0.25, -0.2) is 0 Å². The van der Waals surface area contributed by atoms with E-state index in [2.05, 4.69) is 10.3 Å². The van der Waals surface area contributed by atoms with E-state index in [1.807, 2.05) is 54.7 Å². The van der Waals surface area contributed by atoms with Gasteiger partial charge in [-0.15, -0.1) is 0 Å². The standard InChI is InChI=1S/C26H24N2O4/c1-30-12-13-31-24-10-5-8-22(15-24)28-26(29)19-7-4-9-23(14-19)32-18-21-17-27-16-20-6-2-3-11-25(20)21/h2-11,14-17H,12-13,18H2,1H3,(H,28,29). The first-order chi connectivity index (χ1) is 15.7. The molecule has 0 saturated heterocycles. The Labute approximate surface area is 186 Å². The van der Waals surface area contributed by atoms with Gasteiger partial charge in [0.05, 0.1) is 6.61 Å². The van der Waals surface area contributed by atoms with E-state index in [-0.39, 0.29) is 5.91 Å². The predicted octanol–water partition coefficient (Wildman–Crippen LogP) is 5.09. The van der Waals surface area contributed by atoms with Crippen LogP contribution in [0.3, 0.4) is 0 Å². The van der Waals surface area contributed by atoms with E-state index in [1.165, 1.54) is 0 Å². The van der Waals surface area contributed by atoms with Gasteiger partial charge < -0.3 is 19.5 Å². The third-order valence-electron chi connectivity index (χ3n) is 4.89. The molecule has 4 aromatic rings. The molecule has 0 atom stereocenters. The van der Waals surface area contributed by atoms with Crippen molar-refractivity contribution in [3.8, 4) is 11.5 Å². The van der Waals surface area contributed by atoms with Crippen LogP contribution >= 0.6 is 0 Å². The number of nitrogens with zero attached hydrogens (tertiary/aromatic N) is 1. The Kier molecular flexibility index (Phi) is 6.94. The number of ether oxygens (including phenoxy) is 3. The van der Waals surface area contributed by atoms with E-state index < -0.39 is 0 Å². The Hall–Kier alpha value is -3.90. The number of amides is 1. The molecule has 162 valence electrons. The molecule has 0 aliphatic heterocycles. The summed E-state index contributed by atoms with van der Waals surface area (Å²) in [7, 11) is 1.62. The highest BCUT2D eigenvalue weighted by atomic mass is 16.5. The summed E-state index contributed by atoms with van der Waals surface area (Å²) in [6.07, 6.45) is 3.64. The minimum absolute atomic E-state index is 0.226. The van der Waals surface area contributed by atoms with Crippen LogP contribution in [-0.2, 0) is 11.3 Å². The summed E-state index contributed by atoms with van der Waals surface area (Å²) in [5.41, 5.74) is 2.14. The number of carbonyl (C=O) groups is 1. The lowest BCUT2D eigenvalue weighted by atomic mass is 10.1. The maximum Gasteiger partial charge on any atom is 0.255 e. The number of pyridine rings is 1. The summed E-state index contributed by atoms with van der Waals surface area (Å²) < 4.78 is 16.5. The second-order valence-electron chi connectivity index (χ2n) is 7.16. The molecule has 0 spiro atoms. The number of aromatic nitrogens is 1. The molecule has 6 heteroatoms. The molecule has 0 fully saturated rings. The summed E-state index contributed by atoms with van der Waals surface area (Å²) >= 11 is 0. The topological polar surface area (TPSA) is 69.7 Å². The zero-order valence-electron chi connectivity index (χ0n) is 17.8. The van der Waals surface area contributed by atoms with Crippen molar-refractivity contribution in [2.45, 2.75) is 6.61 Å². The van der Waals surface area contributed by atoms with E-state index >= 15 is 0 Å². The van der Waals surface area contributed by atoms with Crippen LogP contribution in [0.2, 0.25) is 0 Å². The second kappa shape index (κ2) is 10.4. The summed E-state index contributed by atoms with van der Waals surface area (Å²) in [5.74, 6) is 1.05. The van der Waals surface area contributed by atoms with Gasteiger partial charge in [-0.05, 0) is 35.7 Å². The second-order valence-corrected chi connectivity index (χ2v) is 7.16. The minimum Gasteiger partial charge on any atom is -0.491 e. The highest BCUT2D eigenvalue weighted by Crippen LogP contribution is 2.22. The Morgan fingerprint density at radius 1 is 0.875 bits per heavy atom. The van der Waals surface area contributed by atoms with Gasteiger partial charge in [0, 0.05) is 47.8 Å². The molecular weight excluding hydrogens is 404 g/mol. The Morgan fingerprint density at radius 2 is 1.69 bits per heavy atom. The first kappa shape index (κ1) is 21.3. The molecule has 1 aromatic heterocycles. The van der Waals surface area contributed by atoms with Gasteiger partial charge in [0.2, 0.25) is 0 Å². The molecule has 0 aliphatic rings. The van der Waals surface area contributed by atoms with Crippen molar-refractivity contribution in [2.75, 3.05) is 25.6 Å². The van der Waals surface area contributed by atoms with Crippen LogP contribution in [0, 0.1) is 0 Å². The molecule has 0 radical (unpaired) electrons. The lowest BCUT2D eigenvalue weighted by Gasteiger charge is -2.11. The lowest BCUT2D eigenvalue weighted by molar-refractivity contribution is 0.102. The largest absolute Gasteiger partial charge is 0.491 e. The third kappa shape index (κ3) is 5.42. The average molecular weight is 428 g/mol. The maximum atomic E-state index is 12.7. The number of anilines is 1. The summed E-state index contributed by atoms with van der Waals surface area (Å²) in [6.45, 7) is 1.30. The zero-order valence-corrected chi connectivity index (χ0v) is 17.8. The molecule has 1 N–H and O–H groups in total. The van der Waals surface area contributed by atoms with Gasteiger partial charge in [0.15, 0.2) is 0 Å². The van der Waals surface area contributed by atoms with Crippen LogP contribution in [0.5, 0.6) is 11.5 Å². The molecule has 4 rings (SSSR count). The number of hydrogen-bond donors (Lipinski definition) is 1. The van der Waals surface area contributed by atoms with E-state index in [0.717, 1.165) is 16.3 Å². The summed E-state index contributed by atoms with van der Waals surface area (Å²) in [4.78, 5) is 17.0. The molecule has 3 aromatic carbocycles. The van der Waals surface area contributed by atoms with E-state index in [1.54, 1.807) is 37.6 Å². The quantitative estimate of drug-likeness (QED) is 0.376. The monoisotopic (exact) mass is 428 g/mol. The maximum absolute atomic E-state index is 12.7. The van der Waals surface area contributed by atoms with Crippen molar-refractivity contribution in [1.29, 1.82) is 0 Å². The van der Waals surface area contributed by atoms with Gasteiger partial charge in [-0.2, -0.15) is 0 Å². The number of benzene rings is 3. The van der Waals surface area contributed by atoms with Crippen molar-refractivity contribution in [2.24, 2.45) is 0 Å². The molecule has 0 saturated carbocycles. The molecule has 0 aliphatic carbocycles. The fourth-order valence-corrected chi connectivity index (χ4v) is 3.29. The van der Waals surface area contributed by atoms with Crippen molar-refractivity contribution in [3.05, 3.63) is 96.3 Å². The first-order valence-corrected chi connectivity index (χ1v) is 10.3. The molecule has 6 nitrogen and oxygen atoms in total. The van der Waals surface area contributed by atoms with E-state index in [9.17, 15) is 4.79 Å². The fourth-order valence-electron chi connectivity index (χ4n) is 3.29. The average Bonchev–Trinajstić information content (AvgIpc) is 2.83. The Morgan fingerprint density at radius 3 is 2.56 bits per heavy atom. The minimum atomic E-state index is -0.226. The van der Waals surface area contributed by atoms with Crippen LogP contribution in [0.15, 0.2) is 85.2 Å². The van der Waals surface area contributed by atoms with Gasteiger partial charge in [-0.3, -0.25) is 9.78 Å². The smallest absolute Gasteiger partial charge is 0.255 e. The van der Waals surface area contributed by atoms with Crippen molar-refractivity contribution < 1.29 is 19.0 Å². The van der Waals surface area contributed by atoms with Crippen molar-refractivity contribution >= 4 is 22.4 Å². The van der Waals surface area contributed by atoms with Gasteiger partial charge in [-0.1, -0.05) is 36.4 Å². The molecule has 0 bridgehead atoms. The van der Waals surface area contributed by atoms with Gasteiger partial charge >= 0.3 is 0 Å². The number of fused-ring (bicyclic) bond motifs is 1. The zero-order chi connectivity index (χ0) is 22.2. The molecule has 0 unspecified atom stereocenters. The Balaban J connectivity index is 1.41. The molecule has 1 heterocycles. The highest BCUT2D eigenvalue weighted by Gasteiger charge is 2.09. The number of rotatable bonds is 9. The van der Waals surface area contributed by atoms with Crippen LogP contribution in [-0.4, -0.2) is 31.2 Å². The highest BCUT2D eigenvalue weighted by molar-refractivity contribution is 6.04. The number of nitrogens with one attached hydrogen (secondary N) is 1. The Bertz CT molecular complexity index is 1200.